The van der Waals surface area contributed by atoms with Crippen LogP contribution in [0.15, 0.2) is 24.3 Å². The van der Waals surface area contributed by atoms with E-state index in [1.807, 2.05) is 0 Å². The van der Waals surface area contributed by atoms with Gasteiger partial charge in [0.15, 0.2) is 0 Å². The first-order valence-electron chi connectivity index (χ1n) is 9.42. The summed E-state index contributed by atoms with van der Waals surface area (Å²) in [6.45, 7) is 2.91. The molecule has 0 N–H and O–H groups in total. The zero-order valence-electron chi connectivity index (χ0n) is 15.1. The molecule has 2 fully saturated rings. The molecule has 3 rings (SSSR count). The molecule has 0 unspecified atom stereocenters. The van der Waals surface area contributed by atoms with Crippen LogP contribution in [0.25, 0.3) is 6.08 Å². The highest BCUT2D eigenvalue weighted by atomic mass is 19.4. The predicted octanol–water partition coefficient (Wildman–Crippen LogP) is 4.33. The van der Waals surface area contributed by atoms with Gasteiger partial charge in [0.05, 0.1) is 5.56 Å². The van der Waals surface area contributed by atoms with Crippen LogP contribution in [0, 0.1) is 5.82 Å². The summed E-state index contributed by atoms with van der Waals surface area (Å²) in [6, 6.07) is 3.34. The van der Waals surface area contributed by atoms with Crippen molar-refractivity contribution in [3.8, 4) is 0 Å². The smallest absolute Gasteiger partial charge is 0.337 e. The zero-order valence-corrected chi connectivity index (χ0v) is 15.1. The number of alkyl halides is 3. The summed E-state index contributed by atoms with van der Waals surface area (Å²) >= 11 is 0. The van der Waals surface area contributed by atoms with Gasteiger partial charge < -0.3 is 4.90 Å². The molecule has 0 bridgehead atoms. The summed E-state index contributed by atoms with van der Waals surface area (Å²) in [7, 11) is 0. The normalized spacial score (nSPS) is 20.4. The van der Waals surface area contributed by atoms with Crippen LogP contribution >= 0.6 is 0 Å². The lowest BCUT2D eigenvalue weighted by atomic mass is 9.94. The first kappa shape index (κ1) is 19.9. The summed E-state index contributed by atoms with van der Waals surface area (Å²) < 4.78 is 51.6. The van der Waals surface area contributed by atoms with Crippen LogP contribution in [0.5, 0.6) is 0 Å². The topological polar surface area (TPSA) is 23.6 Å². The van der Waals surface area contributed by atoms with Crippen molar-refractivity contribution < 1.29 is 22.4 Å². The van der Waals surface area contributed by atoms with Crippen LogP contribution in [-0.2, 0) is 11.0 Å². The van der Waals surface area contributed by atoms with Crippen molar-refractivity contribution in [3.63, 3.8) is 0 Å². The number of rotatable bonds is 3. The van der Waals surface area contributed by atoms with Crippen molar-refractivity contribution in [3.05, 3.63) is 41.2 Å². The Kier molecular flexibility index (Phi) is 6.19. The fourth-order valence-electron chi connectivity index (χ4n) is 3.89. The molecule has 1 saturated heterocycles. The molecule has 3 nitrogen and oxygen atoms in total. The van der Waals surface area contributed by atoms with Gasteiger partial charge in [0.1, 0.15) is 5.82 Å². The van der Waals surface area contributed by atoms with E-state index in [1.165, 1.54) is 50.3 Å². The summed E-state index contributed by atoms with van der Waals surface area (Å²) in [6.07, 6.45) is 4.11. The number of amides is 1. The molecule has 0 spiro atoms. The van der Waals surface area contributed by atoms with Crippen LogP contribution in [0.2, 0.25) is 0 Å². The average molecular weight is 384 g/mol. The molecule has 7 heteroatoms. The second kappa shape index (κ2) is 8.42. The molecular weight excluding hydrogens is 360 g/mol. The minimum absolute atomic E-state index is 0.151. The Morgan fingerprint density at radius 2 is 1.70 bits per heavy atom. The van der Waals surface area contributed by atoms with E-state index in [1.54, 1.807) is 4.90 Å². The van der Waals surface area contributed by atoms with Gasteiger partial charge in [-0.25, -0.2) is 4.39 Å². The monoisotopic (exact) mass is 384 g/mol. The molecule has 1 heterocycles. The third kappa shape index (κ3) is 5.09. The number of piperazine rings is 1. The van der Waals surface area contributed by atoms with E-state index in [0.717, 1.165) is 25.2 Å². The minimum atomic E-state index is -4.76. The quantitative estimate of drug-likeness (QED) is 0.572. The molecule has 1 aliphatic heterocycles. The third-order valence-electron chi connectivity index (χ3n) is 5.43. The molecule has 0 aromatic heterocycles. The van der Waals surface area contributed by atoms with Crippen LogP contribution in [0.1, 0.15) is 43.2 Å². The highest BCUT2D eigenvalue weighted by Crippen LogP contribution is 2.32. The van der Waals surface area contributed by atoms with Crippen LogP contribution < -0.4 is 0 Å². The van der Waals surface area contributed by atoms with Gasteiger partial charge in [0.2, 0.25) is 5.91 Å². The molecule has 0 radical (unpaired) electrons. The van der Waals surface area contributed by atoms with Gasteiger partial charge in [0.25, 0.3) is 0 Å². The van der Waals surface area contributed by atoms with Gasteiger partial charge in [-0.1, -0.05) is 25.3 Å². The van der Waals surface area contributed by atoms with Gasteiger partial charge in [-0.05, 0) is 36.6 Å². The van der Waals surface area contributed by atoms with Crippen molar-refractivity contribution in [2.24, 2.45) is 0 Å². The number of nitrogens with zero attached hydrogens (tertiary/aromatic N) is 2. The first-order valence-corrected chi connectivity index (χ1v) is 9.42. The van der Waals surface area contributed by atoms with Crippen molar-refractivity contribution in [2.45, 2.75) is 44.3 Å². The molecule has 1 aliphatic carbocycles. The lowest BCUT2D eigenvalue weighted by Crippen LogP contribution is -2.52. The molecule has 0 atom stereocenters. The van der Waals surface area contributed by atoms with Crippen molar-refractivity contribution in [1.82, 2.24) is 9.80 Å². The van der Waals surface area contributed by atoms with E-state index in [4.69, 9.17) is 0 Å². The Morgan fingerprint density at radius 3 is 2.33 bits per heavy atom. The Bertz CT molecular complexity index is 688. The van der Waals surface area contributed by atoms with Crippen molar-refractivity contribution in [1.29, 1.82) is 0 Å². The summed E-state index contributed by atoms with van der Waals surface area (Å²) in [5, 5.41) is 0. The number of halogens is 4. The predicted molar refractivity (Wildman–Crippen MR) is 95.5 cm³/mol. The first-order chi connectivity index (χ1) is 12.8. The Morgan fingerprint density at radius 1 is 1.04 bits per heavy atom. The highest BCUT2D eigenvalue weighted by Gasteiger charge is 2.34. The van der Waals surface area contributed by atoms with Gasteiger partial charge >= 0.3 is 6.18 Å². The van der Waals surface area contributed by atoms with E-state index in [-0.39, 0.29) is 11.5 Å². The third-order valence-corrected chi connectivity index (χ3v) is 5.43. The lowest BCUT2D eigenvalue weighted by molar-refractivity contribution is -0.140. The molecule has 2 aliphatic rings. The van der Waals surface area contributed by atoms with Crippen LogP contribution in [0.4, 0.5) is 17.6 Å². The fraction of sp³-hybridized carbons (Fsp3) is 0.550. The molecular formula is C20H24F4N2O. The van der Waals surface area contributed by atoms with Gasteiger partial charge in [-0.3, -0.25) is 9.69 Å². The Labute approximate surface area is 156 Å². The van der Waals surface area contributed by atoms with Crippen LogP contribution in [-0.4, -0.2) is 47.9 Å². The molecule has 1 aromatic rings. The maximum Gasteiger partial charge on any atom is 0.419 e. The minimum Gasteiger partial charge on any atom is -0.337 e. The summed E-state index contributed by atoms with van der Waals surface area (Å²) in [5.41, 5.74) is -1.17. The Hall–Kier alpha value is -1.89. The van der Waals surface area contributed by atoms with E-state index < -0.39 is 17.6 Å². The maximum atomic E-state index is 13.3. The number of carbonyl (C=O) groups is 1. The summed E-state index contributed by atoms with van der Waals surface area (Å²) in [4.78, 5) is 16.5. The van der Waals surface area contributed by atoms with Crippen molar-refractivity contribution in [2.75, 3.05) is 26.2 Å². The van der Waals surface area contributed by atoms with Crippen molar-refractivity contribution >= 4 is 12.0 Å². The van der Waals surface area contributed by atoms with E-state index >= 15 is 0 Å². The molecule has 148 valence electrons. The number of hydrogen-bond acceptors (Lipinski definition) is 2. The van der Waals surface area contributed by atoms with E-state index in [2.05, 4.69) is 4.90 Å². The largest absolute Gasteiger partial charge is 0.419 e. The maximum absolute atomic E-state index is 13.3. The lowest BCUT2D eigenvalue weighted by Gasteiger charge is -2.40. The highest BCUT2D eigenvalue weighted by molar-refractivity contribution is 5.91. The number of carbonyl (C=O) groups excluding carboxylic acids is 1. The summed E-state index contributed by atoms with van der Waals surface area (Å²) in [5.74, 6) is -1.54. The molecule has 1 aromatic carbocycles. The molecule has 27 heavy (non-hydrogen) atoms. The molecule has 1 amide bonds. The van der Waals surface area contributed by atoms with E-state index in [0.29, 0.717) is 19.1 Å². The Balaban J connectivity index is 1.56. The second-order valence-corrected chi connectivity index (χ2v) is 7.22. The standard InChI is InChI=1S/C20H24F4N2O/c21-18-8-6-15(14-17(18)20(22,23)24)7-9-19(27)26-12-10-25(11-13-26)16-4-2-1-3-5-16/h6-9,14,16H,1-5,10-13H2. The second-order valence-electron chi connectivity index (χ2n) is 7.22. The van der Waals surface area contributed by atoms with Gasteiger partial charge in [0, 0.05) is 38.3 Å². The SMILES string of the molecule is O=C(C=Cc1ccc(F)c(C(F)(F)F)c1)N1CCN(C2CCCCC2)CC1. The zero-order chi connectivity index (χ0) is 19.4. The number of benzene rings is 1. The molecule has 1 saturated carbocycles. The van der Waals surface area contributed by atoms with E-state index in [9.17, 15) is 22.4 Å². The average Bonchev–Trinajstić information content (AvgIpc) is 2.67. The number of hydrogen-bond donors (Lipinski definition) is 0. The van der Waals surface area contributed by atoms with Crippen LogP contribution in [0.3, 0.4) is 0 Å². The van der Waals surface area contributed by atoms with Gasteiger partial charge in [-0.15, -0.1) is 0 Å². The van der Waals surface area contributed by atoms with Gasteiger partial charge in [-0.2, -0.15) is 13.2 Å². The fourth-order valence-corrected chi connectivity index (χ4v) is 3.89.